The molecule has 3 nitrogen and oxygen atoms in total. The van der Waals surface area contributed by atoms with Gasteiger partial charge in [0.2, 0.25) is 0 Å². The van der Waals surface area contributed by atoms with Crippen molar-refractivity contribution in [2.75, 3.05) is 5.73 Å². The summed E-state index contributed by atoms with van der Waals surface area (Å²) < 4.78 is 13.0. The number of nitrogens with zero attached hydrogens (tertiary/aromatic N) is 2. The smallest absolute Gasteiger partial charge is 0.130 e. The maximum atomic E-state index is 13.0. The molecule has 1 aromatic heterocycles. The van der Waals surface area contributed by atoms with E-state index in [1.54, 1.807) is 6.07 Å². The van der Waals surface area contributed by atoms with E-state index in [0.29, 0.717) is 28.5 Å². The molecule has 1 aromatic carbocycles. The van der Waals surface area contributed by atoms with Gasteiger partial charge in [-0.15, -0.1) is 0 Å². The van der Waals surface area contributed by atoms with Gasteiger partial charge in [-0.1, -0.05) is 18.5 Å². The number of nitrogens with two attached hydrogens (primary N) is 1. The van der Waals surface area contributed by atoms with Gasteiger partial charge < -0.3 is 5.73 Å². The highest BCUT2D eigenvalue weighted by Crippen LogP contribution is 2.31. The number of benzene rings is 1. The van der Waals surface area contributed by atoms with E-state index < -0.39 is 0 Å². The first-order chi connectivity index (χ1) is 8.13. The Balaban J connectivity index is 2.64. The standard InChI is InChI=1S/C12H11ClFN3/c1-2-8-11(16-6-17-12(8)15)9-4-3-7(14)5-10(9)13/h3-6H,2H2,1H3,(H2,15,16,17). The Hall–Kier alpha value is -1.68. The van der Waals surface area contributed by atoms with Crippen LogP contribution in [-0.4, -0.2) is 9.97 Å². The summed E-state index contributed by atoms with van der Waals surface area (Å²) >= 11 is 6.00. The van der Waals surface area contributed by atoms with Gasteiger partial charge in [0.25, 0.3) is 0 Å². The average molecular weight is 252 g/mol. The number of anilines is 1. The zero-order valence-electron chi connectivity index (χ0n) is 9.24. The predicted molar refractivity (Wildman–Crippen MR) is 66.2 cm³/mol. The summed E-state index contributed by atoms with van der Waals surface area (Å²) in [5.74, 6) is 0.0525. The number of halogens is 2. The van der Waals surface area contributed by atoms with E-state index in [9.17, 15) is 4.39 Å². The fourth-order valence-electron chi connectivity index (χ4n) is 1.69. The fraction of sp³-hybridized carbons (Fsp3) is 0.167. The van der Waals surface area contributed by atoms with Crippen LogP contribution >= 0.6 is 11.6 Å². The lowest BCUT2D eigenvalue weighted by Crippen LogP contribution is -2.01. The summed E-state index contributed by atoms with van der Waals surface area (Å²) in [6.45, 7) is 1.95. The van der Waals surface area contributed by atoms with Crippen LogP contribution in [-0.2, 0) is 6.42 Å². The van der Waals surface area contributed by atoms with E-state index in [1.165, 1.54) is 18.5 Å². The van der Waals surface area contributed by atoms with E-state index in [2.05, 4.69) is 9.97 Å². The van der Waals surface area contributed by atoms with Crippen molar-refractivity contribution in [3.63, 3.8) is 0 Å². The molecule has 0 unspecified atom stereocenters. The third-order valence-corrected chi connectivity index (χ3v) is 2.83. The monoisotopic (exact) mass is 251 g/mol. The highest BCUT2D eigenvalue weighted by molar-refractivity contribution is 6.33. The molecular weight excluding hydrogens is 241 g/mol. The molecule has 0 fully saturated rings. The number of aromatic nitrogens is 2. The molecule has 0 saturated heterocycles. The molecule has 5 heteroatoms. The molecule has 1 heterocycles. The molecule has 88 valence electrons. The van der Waals surface area contributed by atoms with Crippen molar-refractivity contribution in [3.8, 4) is 11.3 Å². The Kier molecular flexibility index (Phi) is 3.24. The minimum absolute atomic E-state index is 0.317. The number of rotatable bonds is 2. The molecule has 2 rings (SSSR count). The van der Waals surface area contributed by atoms with Crippen LogP contribution in [0, 0.1) is 5.82 Å². The van der Waals surface area contributed by atoms with E-state index in [-0.39, 0.29) is 5.82 Å². The lowest BCUT2D eigenvalue weighted by Gasteiger charge is -2.10. The Bertz CT molecular complexity index is 557. The second kappa shape index (κ2) is 4.67. The van der Waals surface area contributed by atoms with Gasteiger partial charge in [-0.05, 0) is 24.6 Å². The minimum Gasteiger partial charge on any atom is -0.383 e. The van der Waals surface area contributed by atoms with Gasteiger partial charge in [0.05, 0.1) is 10.7 Å². The molecule has 0 atom stereocenters. The minimum atomic E-state index is -0.376. The van der Waals surface area contributed by atoms with Crippen LogP contribution < -0.4 is 5.73 Å². The molecule has 0 bridgehead atoms. The van der Waals surface area contributed by atoms with Gasteiger partial charge in [-0.2, -0.15) is 0 Å². The predicted octanol–water partition coefficient (Wildman–Crippen LogP) is 3.08. The lowest BCUT2D eigenvalue weighted by atomic mass is 10.0. The average Bonchev–Trinajstić information content (AvgIpc) is 2.29. The zero-order valence-corrected chi connectivity index (χ0v) is 10.0. The lowest BCUT2D eigenvalue weighted by molar-refractivity contribution is 0.628. The van der Waals surface area contributed by atoms with Crippen molar-refractivity contribution < 1.29 is 4.39 Å². The number of nitrogen functional groups attached to an aromatic ring is 1. The molecule has 0 aliphatic heterocycles. The van der Waals surface area contributed by atoms with Crippen molar-refractivity contribution in [1.29, 1.82) is 0 Å². The molecule has 0 spiro atoms. The Labute approximate surface area is 103 Å². The first-order valence-corrected chi connectivity index (χ1v) is 5.56. The summed E-state index contributed by atoms with van der Waals surface area (Å²) in [4.78, 5) is 8.11. The first kappa shape index (κ1) is 11.8. The summed E-state index contributed by atoms with van der Waals surface area (Å²) in [5.41, 5.74) is 7.92. The van der Waals surface area contributed by atoms with Crippen LogP contribution in [0.3, 0.4) is 0 Å². The van der Waals surface area contributed by atoms with Crippen LogP contribution in [0.2, 0.25) is 5.02 Å². The van der Waals surface area contributed by atoms with Gasteiger partial charge in [-0.25, -0.2) is 14.4 Å². The summed E-state index contributed by atoms with van der Waals surface area (Å²) in [6, 6.07) is 4.20. The van der Waals surface area contributed by atoms with Crippen molar-refractivity contribution in [2.24, 2.45) is 0 Å². The molecule has 0 aliphatic carbocycles. The van der Waals surface area contributed by atoms with Gasteiger partial charge in [0, 0.05) is 11.1 Å². The summed E-state index contributed by atoms with van der Waals surface area (Å²) in [7, 11) is 0. The van der Waals surface area contributed by atoms with E-state index in [1.807, 2.05) is 6.92 Å². The highest BCUT2D eigenvalue weighted by atomic mass is 35.5. The molecule has 0 saturated carbocycles. The van der Waals surface area contributed by atoms with Crippen molar-refractivity contribution >= 4 is 17.4 Å². The third-order valence-electron chi connectivity index (χ3n) is 2.52. The second-order valence-corrected chi connectivity index (χ2v) is 3.97. The van der Waals surface area contributed by atoms with E-state index in [4.69, 9.17) is 17.3 Å². The normalized spacial score (nSPS) is 10.5. The van der Waals surface area contributed by atoms with Crippen LogP contribution in [0.4, 0.5) is 10.2 Å². The Morgan fingerprint density at radius 1 is 1.35 bits per heavy atom. The van der Waals surface area contributed by atoms with Crippen LogP contribution in [0.25, 0.3) is 11.3 Å². The Morgan fingerprint density at radius 3 is 2.76 bits per heavy atom. The molecular formula is C12H11ClFN3. The highest BCUT2D eigenvalue weighted by Gasteiger charge is 2.12. The maximum absolute atomic E-state index is 13.0. The zero-order chi connectivity index (χ0) is 12.4. The molecule has 0 aliphatic rings. The van der Waals surface area contributed by atoms with E-state index >= 15 is 0 Å². The maximum Gasteiger partial charge on any atom is 0.130 e. The molecule has 2 N–H and O–H groups in total. The number of hydrogen-bond donors (Lipinski definition) is 1. The SMILES string of the molecule is CCc1c(N)ncnc1-c1ccc(F)cc1Cl. The van der Waals surface area contributed by atoms with E-state index in [0.717, 1.165) is 5.56 Å². The quantitative estimate of drug-likeness (QED) is 0.892. The second-order valence-electron chi connectivity index (χ2n) is 3.56. The topological polar surface area (TPSA) is 51.8 Å². The summed E-state index contributed by atoms with van der Waals surface area (Å²) in [6.07, 6.45) is 2.07. The molecule has 2 aromatic rings. The molecule has 0 radical (unpaired) electrons. The third kappa shape index (κ3) is 2.22. The van der Waals surface area contributed by atoms with Gasteiger partial charge in [0.15, 0.2) is 0 Å². The van der Waals surface area contributed by atoms with Gasteiger partial charge in [-0.3, -0.25) is 0 Å². The molecule has 17 heavy (non-hydrogen) atoms. The van der Waals surface area contributed by atoms with Gasteiger partial charge in [0.1, 0.15) is 18.0 Å². The van der Waals surface area contributed by atoms with Crippen LogP contribution in [0.1, 0.15) is 12.5 Å². The van der Waals surface area contributed by atoms with Crippen LogP contribution in [0.15, 0.2) is 24.5 Å². The fourth-order valence-corrected chi connectivity index (χ4v) is 1.94. The molecule has 0 amide bonds. The van der Waals surface area contributed by atoms with Crippen molar-refractivity contribution in [2.45, 2.75) is 13.3 Å². The van der Waals surface area contributed by atoms with Crippen molar-refractivity contribution in [1.82, 2.24) is 9.97 Å². The number of hydrogen-bond acceptors (Lipinski definition) is 3. The largest absolute Gasteiger partial charge is 0.383 e. The van der Waals surface area contributed by atoms with Crippen LogP contribution in [0.5, 0.6) is 0 Å². The summed E-state index contributed by atoms with van der Waals surface area (Å²) in [5, 5.41) is 0.317. The first-order valence-electron chi connectivity index (χ1n) is 5.18. The van der Waals surface area contributed by atoms with Crippen molar-refractivity contribution in [3.05, 3.63) is 40.9 Å². The van der Waals surface area contributed by atoms with Gasteiger partial charge >= 0.3 is 0 Å². The Morgan fingerprint density at radius 2 is 2.12 bits per heavy atom.